The van der Waals surface area contributed by atoms with Gasteiger partial charge in [0.25, 0.3) is 5.91 Å². The van der Waals surface area contributed by atoms with Crippen LogP contribution in [0.5, 0.6) is 5.75 Å². The molecule has 0 saturated heterocycles. The van der Waals surface area contributed by atoms with Crippen LogP contribution in [-0.2, 0) is 15.3 Å². The van der Waals surface area contributed by atoms with Gasteiger partial charge in [-0.2, -0.15) is 5.10 Å². The van der Waals surface area contributed by atoms with E-state index in [-0.39, 0.29) is 16.3 Å². The number of amides is 1. The Bertz CT molecular complexity index is 1290. The molecule has 0 N–H and O–H groups in total. The molecule has 0 radical (unpaired) electrons. The Morgan fingerprint density at radius 2 is 1.61 bits per heavy atom. The SMILES string of the molecule is COc1ccc(-n2nc(S(C)(=O)=O)c3c2C(=O)N(c2ccc(C)cc2)CC32CC2)cc1. The molecule has 1 aromatic heterocycles. The molecule has 1 aliphatic carbocycles. The maximum Gasteiger partial charge on any atom is 0.277 e. The van der Waals surface area contributed by atoms with Crippen molar-refractivity contribution < 1.29 is 17.9 Å². The quantitative estimate of drug-likeness (QED) is 0.626. The van der Waals surface area contributed by atoms with Crippen molar-refractivity contribution in [1.82, 2.24) is 9.78 Å². The number of ether oxygens (including phenoxy) is 1. The minimum atomic E-state index is -3.61. The number of benzene rings is 2. The summed E-state index contributed by atoms with van der Waals surface area (Å²) in [6.07, 6.45) is 2.81. The minimum absolute atomic E-state index is 0.00715. The fourth-order valence-electron chi connectivity index (χ4n) is 4.32. The molecular formula is C23H23N3O4S. The summed E-state index contributed by atoms with van der Waals surface area (Å²) in [6.45, 7) is 2.46. The number of anilines is 1. The van der Waals surface area contributed by atoms with E-state index in [2.05, 4.69) is 5.10 Å². The first-order chi connectivity index (χ1) is 14.7. The number of sulfone groups is 1. The lowest BCUT2D eigenvalue weighted by molar-refractivity contribution is 0.0966. The molecule has 1 spiro atoms. The number of aromatic nitrogens is 2. The third-order valence-electron chi connectivity index (χ3n) is 6.16. The molecule has 1 saturated carbocycles. The summed E-state index contributed by atoms with van der Waals surface area (Å²) in [5, 5.41) is 4.46. The van der Waals surface area contributed by atoms with Crippen LogP contribution in [0, 0.1) is 6.92 Å². The van der Waals surface area contributed by atoms with Crippen LogP contribution < -0.4 is 9.64 Å². The first-order valence-electron chi connectivity index (χ1n) is 10.1. The zero-order chi connectivity index (χ0) is 22.0. The number of rotatable bonds is 4. The van der Waals surface area contributed by atoms with E-state index in [1.807, 2.05) is 31.2 Å². The number of hydrogen-bond donors (Lipinski definition) is 0. The molecule has 1 aliphatic heterocycles. The average Bonchev–Trinajstić information content (AvgIpc) is 3.38. The van der Waals surface area contributed by atoms with Gasteiger partial charge in [-0.3, -0.25) is 4.79 Å². The lowest BCUT2D eigenvalue weighted by Gasteiger charge is -2.33. The Kier molecular flexibility index (Phi) is 4.27. The number of nitrogens with zero attached hydrogens (tertiary/aromatic N) is 3. The fraction of sp³-hybridized carbons (Fsp3) is 0.304. The molecule has 0 unspecified atom stereocenters. The lowest BCUT2D eigenvalue weighted by Crippen LogP contribution is -2.44. The van der Waals surface area contributed by atoms with E-state index in [0.29, 0.717) is 29.2 Å². The standard InChI is InChI=1S/C23H23N3O4S/c1-15-4-6-16(7-5-15)25-14-23(12-13-23)19-20(22(25)27)26(24-21(19)31(3,28)29)17-8-10-18(30-2)11-9-17/h4-11H,12-14H2,1-3H3. The Morgan fingerprint density at radius 3 is 2.16 bits per heavy atom. The molecule has 0 atom stereocenters. The van der Waals surface area contributed by atoms with Crippen molar-refractivity contribution in [2.75, 3.05) is 24.8 Å². The van der Waals surface area contributed by atoms with E-state index in [0.717, 1.165) is 30.3 Å². The van der Waals surface area contributed by atoms with Crippen LogP contribution in [0.2, 0.25) is 0 Å². The van der Waals surface area contributed by atoms with Gasteiger partial charge in [0.15, 0.2) is 14.9 Å². The van der Waals surface area contributed by atoms with Gasteiger partial charge in [0, 0.05) is 29.5 Å². The van der Waals surface area contributed by atoms with Gasteiger partial charge in [-0.15, -0.1) is 0 Å². The predicted octanol–water partition coefficient (Wildman–Crippen LogP) is 3.28. The summed E-state index contributed by atoms with van der Waals surface area (Å²) >= 11 is 0. The second-order valence-electron chi connectivity index (χ2n) is 8.42. The second-order valence-corrected chi connectivity index (χ2v) is 10.3. The van der Waals surface area contributed by atoms with Crippen LogP contribution >= 0.6 is 0 Å². The number of carbonyl (C=O) groups is 1. The summed E-state index contributed by atoms with van der Waals surface area (Å²) < 4.78 is 32.0. The third kappa shape index (κ3) is 3.13. The van der Waals surface area contributed by atoms with E-state index in [1.165, 1.54) is 4.68 Å². The number of fused-ring (bicyclic) bond motifs is 2. The Morgan fingerprint density at radius 1 is 1.00 bits per heavy atom. The highest BCUT2D eigenvalue weighted by Gasteiger charge is 2.56. The molecule has 0 bridgehead atoms. The van der Waals surface area contributed by atoms with Gasteiger partial charge in [-0.1, -0.05) is 17.7 Å². The van der Waals surface area contributed by atoms with Crippen LogP contribution in [0.25, 0.3) is 5.69 Å². The van der Waals surface area contributed by atoms with E-state index in [4.69, 9.17) is 4.74 Å². The second kappa shape index (κ2) is 6.68. The highest BCUT2D eigenvalue weighted by molar-refractivity contribution is 7.90. The van der Waals surface area contributed by atoms with Gasteiger partial charge in [0.1, 0.15) is 11.4 Å². The Hall–Kier alpha value is -3.13. The van der Waals surface area contributed by atoms with Crippen LogP contribution in [0.3, 0.4) is 0 Å². The normalized spacial score (nSPS) is 17.0. The lowest BCUT2D eigenvalue weighted by atomic mass is 9.90. The van der Waals surface area contributed by atoms with Crippen molar-refractivity contribution in [1.29, 1.82) is 0 Å². The van der Waals surface area contributed by atoms with Crippen molar-refractivity contribution in [3.63, 3.8) is 0 Å². The van der Waals surface area contributed by atoms with Crippen LogP contribution in [0.4, 0.5) is 5.69 Å². The van der Waals surface area contributed by atoms with Gasteiger partial charge >= 0.3 is 0 Å². The zero-order valence-corrected chi connectivity index (χ0v) is 18.4. The molecule has 1 fully saturated rings. The summed E-state index contributed by atoms with van der Waals surface area (Å²) in [4.78, 5) is 15.5. The van der Waals surface area contributed by atoms with Crippen molar-refractivity contribution in [3.05, 3.63) is 65.4 Å². The summed E-state index contributed by atoms with van der Waals surface area (Å²) in [5.41, 5.74) is 3.04. The summed E-state index contributed by atoms with van der Waals surface area (Å²) in [5.74, 6) is 0.425. The summed E-state index contributed by atoms with van der Waals surface area (Å²) in [7, 11) is -2.04. The number of carbonyl (C=O) groups excluding carboxylic acids is 1. The van der Waals surface area contributed by atoms with Gasteiger partial charge < -0.3 is 9.64 Å². The van der Waals surface area contributed by atoms with Crippen LogP contribution in [-0.4, -0.2) is 44.0 Å². The molecule has 1 amide bonds. The Labute approximate surface area is 181 Å². The Balaban J connectivity index is 1.74. The van der Waals surface area contributed by atoms with Gasteiger partial charge in [0.2, 0.25) is 0 Å². The molecule has 2 heterocycles. The molecule has 8 heteroatoms. The van der Waals surface area contributed by atoms with Crippen LogP contribution in [0.1, 0.15) is 34.5 Å². The number of methoxy groups -OCH3 is 1. The van der Waals surface area contributed by atoms with Crippen molar-refractivity contribution in [2.24, 2.45) is 0 Å². The molecule has 2 aromatic carbocycles. The molecule has 7 nitrogen and oxygen atoms in total. The molecule has 3 aromatic rings. The van der Waals surface area contributed by atoms with Crippen molar-refractivity contribution >= 4 is 21.4 Å². The fourth-order valence-corrected chi connectivity index (χ4v) is 5.23. The number of hydrogen-bond acceptors (Lipinski definition) is 5. The third-order valence-corrected chi connectivity index (χ3v) is 7.15. The number of aryl methyl sites for hydroxylation is 1. The van der Waals surface area contributed by atoms with E-state index < -0.39 is 9.84 Å². The monoisotopic (exact) mass is 437 g/mol. The largest absolute Gasteiger partial charge is 0.497 e. The van der Waals surface area contributed by atoms with Gasteiger partial charge in [-0.25, -0.2) is 13.1 Å². The summed E-state index contributed by atoms with van der Waals surface area (Å²) in [6, 6.07) is 14.9. The molecule has 2 aliphatic rings. The average molecular weight is 438 g/mol. The maximum atomic E-state index is 13.7. The maximum absolute atomic E-state index is 13.7. The van der Waals surface area contributed by atoms with Crippen molar-refractivity contribution in [3.8, 4) is 11.4 Å². The highest BCUT2D eigenvalue weighted by Crippen LogP contribution is 2.55. The highest BCUT2D eigenvalue weighted by atomic mass is 32.2. The van der Waals surface area contributed by atoms with Gasteiger partial charge in [-0.05, 0) is 56.2 Å². The molecule has 160 valence electrons. The van der Waals surface area contributed by atoms with E-state index >= 15 is 0 Å². The minimum Gasteiger partial charge on any atom is -0.497 e. The van der Waals surface area contributed by atoms with E-state index in [1.54, 1.807) is 36.3 Å². The van der Waals surface area contributed by atoms with Crippen molar-refractivity contribution in [2.45, 2.75) is 30.2 Å². The topological polar surface area (TPSA) is 81.5 Å². The van der Waals surface area contributed by atoms with Crippen LogP contribution in [0.15, 0.2) is 53.6 Å². The smallest absolute Gasteiger partial charge is 0.277 e. The first kappa shape index (κ1) is 19.8. The molecule has 31 heavy (non-hydrogen) atoms. The molecular weight excluding hydrogens is 414 g/mol. The zero-order valence-electron chi connectivity index (χ0n) is 17.6. The van der Waals surface area contributed by atoms with E-state index in [9.17, 15) is 13.2 Å². The van der Waals surface area contributed by atoms with Gasteiger partial charge in [0.05, 0.1) is 12.8 Å². The molecule has 5 rings (SSSR count). The predicted molar refractivity (Wildman–Crippen MR) is 117 cm³/mol. The first-order valence-corrected chi connectivity index (χ1v) is 12.0.